The standard InChI is InChI=1S/C23H26N4O.ClH/c1-16(17-8-10-19(11-9-17)18-6-4-3-5-7-18)26-23(28)22-14-24-13-21(22)20-12-25-27(2)15-20;/h3-12,15-16,21-22,24H,13-14H2,1-2H3,(H,26,28);1H/t16?,21-,22+;/m1./s1. The van der Waals surface area contributed by atoms with Gasteiger partial charge in [0.15, 0.2) is 0 Å². The smallest absolute Gasteiger partial charge is 0.225 e. The second-order valence-corrected chi connectivity index (χ2v) is 7.54. The molecule has 1 fully saturated rings. The molecule has 1 saturated heterocycles. The summed E-state index contributed by atoms with van der Waals surface area (Å²) in [7, 11) is 1.90. The van der Waals surface area contributed by atoms with E-state index in [2.05, 4.69) is 52.1 Å². The molecule has 6 heteroatoms. The van der Waals surface area contributed by atoms with E-state index in [1.54, 1.807) is 4.68 Å². The highest BCUT2D eigenvalue weighted by atomic mass is 35.5. The van der Waals surface area contributed by atoms with Crippen molar-refractivity contribution in [3.8, 4) is 11.1 Å². The zero-order valence-corrected chi connectivity index (χ0v) is 17.5. The van der Waals surface area contributed by atoms with Gasteiger partial charge in [0.25, 0.3) is 0 Å². The summed E-state index contributed by atoms with van der Waals surface area (Å²) in [5, 5.41) is 10.8. The quantitative estimate of drug-likeness (QED) is 0.674. The molecule has 1 amide bonds. The van der Waals surface area contributed by atoms with Crippen LogP contribution in [0.25, 0.3) is 11.1 Å². The highest BCUT2D eigenvalue weighted by molar-refractivity contribution is 5.85. The molecule has 1 aromatic heterocycles. The van der Waals surface area contributed by atoms with E-state index in [0.29, 0.717) is 6.54 Å². The van der Waals surface area contributed by atoms with E-state index in [0.717, 1.165) is 17.7 Å². The summed E-state index contributed by atoms with van der Waals surface area (Å²) >= 11 is 0. The van der Waals surface area contributed by atoms with Crippen LogP contribution in [-0.2, 0) is 11.8 Å². The number of carbonyl (C=O) groups is 1. The average Bonchev–Trinajstić information content (AvgIpc) is 3.37. The summed E-state index contributed by atoms with van der Waals surface area (Å²) in [6.45, 7) is 3.55. The molecule has 0 aliphatic carbocycles. The Balaban J connectivity index is 0.00000240. The lowest BCUT2D eigenvalue weighted by Gasteiger charge is -2.21. The Labute approximate surface area is 177 Å². The number of amides is 1. The van der Waals surface area contributed by atoms with E-state index < -0.39 is 0 Å². The highest BCUT2D eigenvalue weighted by Gasteiger charge is 2.35. The van der Waals surface area contributed by atoms with Gasteiger partial charge in [-0.25, -0.2) is 0 Å². The Morgan fingerprint density at radius 1 is 1.10 bits per heavy atom. The van der Waals surface area contributed by atoms with Crippen LogP contribution in [0.5, 0.6) is 0 Å². The lowest BCUT2D eigenvalue weighted by Crippen LogP contribution is -2.35. The zero-order chi connectivity index (χ0) is 19.5. The number of hydrogen-bond acceptors (Lipinski definition) is 3. The minimum atomic E-state index is -0.0739. The third-order valence-electron chi connectivity index (χ3n) is 5.58. The van der Waals surface area contributed by atoms with Gasteiger partial charge >= 0.3 is 0 Å². The second kappa shape index (κ2) is 9.25. The van der Waals surface area contributed by atoms with E-state index in [1.165, 1.54) is 11.1 Å². The number of carbonyl (C=O) groups excluding carboxylic acids is 1. The van der Waals surface area contributed by atoms with E-state index in [9.17, 15) is 4.79 Å². The maximum absolute atomic E-state index is 12.9. The molecule has 0 saturated carbocycles. The maximum Gasteiger partial charge on any atom is 0.225 e. The summed E-state index contributed by atoms with van der Waals surface area (Å²) in [5.74, 6) is 0.190. The molecule has 1 aliphatic heterocycles. The molecule has 0 radical (unpaired) electrons. The fourth-order valence-electron chi connectivity index (χ4n) is 3.93. The molecule has 29 heavy (non-hydrogen) atoms. The van der Waals surface area contributed by atoms with E-state index >= 15 is 0 Å². The van der Waals surface area contributed by atoms with Crippen LogP contribution < -0.4 is 10.6 Å². The van der Waals surface area contributed by atoms with Crippen LogP contribution in [0.2, 0.25) is 0 Å². The first-order valence-corrected chi connectivity index (χ1v) is 9.77. The van der Waals surface area contributed by atoms with Gasteiger partial charge in [-0.15, -0.1) is 12.4 Å². The summed E-state index contributed by atoms with van der Waals surface area (Å²) in [5.41, 5.74) is 4.60. The third-order valence-corrected chi connectivity index (χ3v) is 5.58. The lowest BCUT2D eigenvalue weighted by molar-refractivity contribution is -0.125. The van der Waals surface area contributed by atoms with Gasteiger partial charge in [0.1, 0.15) is 0 Å². The monoisotopic (exact) mass is 410 g/mol. The van der Waals surface area contributed by atoms with Crippen LogP contribution in [0.4, 0.5) is 0 Å². The van der Waals surface area contributed by atoms with E-state index in [-0.39, 0.29) is 36.2 Å². The topological polar surface area (TPSA) is 59.0 Å². The molecule has 3 aromatic rings. The van der Waals surface area contributed by atoms with Crippen molar-refractivity contribution in [3.63, 3.8) is 0 Å². The molecular formula is C23H27ClN4O. The van der Waals surface area contributed by atoms with Crippen molar-refractivity contribution in [3.05, 3.63) is 78.1 Å². The number of rotatable bonds is 5. The minimum absolute atomic E-state index is 0. The van der Waals surface area contributed by atoms with E-state index in [1.807, 2.05) is 44.6 Å². The molecule has 4 rings (SSSR count). The van der Waals surface area contributed by atoms with Gasteiger partial charge in [0.05, 0.1) is 18.2 Å². The first-order valence-electron chi connectivity index (χ1n) is 9.77. The van der Waals surface area contributed by atoms with Crippen molar-refractivity contribution in [1.82, 2.24) is 20.4 Å². The molecule has 152 valence electrons. The summed E-state index contributed by atoms with van der Waals surface area (Å²) in [4.78, 5) is 12.9. The van der Waals surface area contributed by atoms with Crippen molar-refractivity contribution in [1.29, 1.82) is 0 Å². The van der Waals surface area contributed by atoms with Crippen molar-refractivity contribution >= 4 is 18.3 Å². The lowest BCUT2D eigenvalue weighted by atomic mass is 9.90. The fraction of sp³-hybridized carbons (Fsp3) is 0.304. The van der Waals surface area contributed by atoms with E-state index in [4.69, 9.17) is 0 Å². The number of benzene rings is 2. The minimum Gasteiger partial charge on any atom is -0.349 e. The second-order valence-electron chi connectivity index (χ2n) is 7.54. The summed E-state index contributed by atoms with van der Waals surface area (Å²) in [6.07, 6.45) is 3.87. The van der Waals surface area contributed by atoms with Crippen LogP contribution >= 0.6 is 12.4 Å². The molecule has 2 aromatic carbocycles. The first-order chi connectivity index (χ1) is 13.6. The number of hydrogen-bond donors (Lipinski definition) is 2. The third kappa shape index (κ3) is 4.69. The molecule has 2 heterocycles. The number of nitrogens with one attached hydrogen (secondary N) is 2. The van der Waals surface area contributed by atoms with Gasteiger partial charge in [-0.05, 0) is 29.2 Å². The largest absolute Gasteiger partial charge is 0.349 e. The predicted octanol–water partition coefficient (Wildman–Crippen LogP) is 3.69. The van der Waals surface area contributed by atoms with Gasteiger partial charge in [-0.1, -0.05) is 54.6 Å². The van der Waals surface area contributed by atoms with Gasteiger partial charge in [-0.2, -0.15) is 5.10 Å². The molecule has 3 atom stereocenters. The molecule has 2 N–H and O–H groups in total. The first kappa shape index (κ1) is 21.1. The van der Waals surface area contributed by atoms with Crippen LogP contribution in [0.3, 0.4) is 0 Å². The molecule has 1 aliphatic rings. The predicted molar refractivity (Wildman–Crippen MR) is 118 cm³/mol. The number of nitrogens with zero attached hydrogens (tertiary/aromatic N) is 2. The summed E-state index contributed by atoms with van der Waals surface area (Å²) in [6, 6.07) is 18.7. The molecule has 5 nitrogen and oxygen atoms in total. The zero-order valence-electron chi connectivity index (χ0n) is 16.7. The Morgan fingerprint density at radius 3 is 2.45 bits per heavy atom. The van der Waals surface area contributed by atoms with Crippen LogP contribution in [-0.4, -0.2) is 28.8 Å². The number of aryl methyl sites for hydroxylation is 1. The highest BCUT2D eigenvalue weighted by Crippen LogP contribution is 2.29. The average molecular weight is 411 g/mol. The number of halogens is 1. The van der Waals surface area contributed by atoms with Crippen LogP contribution in [0.15, 0.2) is 67.0 Å². The Morgan fingerprint density at radius 2 is 1.79 bits per heavy atom. The van der Waals surface area contributed by atoms with Gasteiger partial charge in [0, 0.05) is 32.3 Å². The van der Waals surface area contributed by atoms with Crippen molar-refractivity contribution in [2.24, 2.45) is 13.0 Å². The molecule has 0 bridgehead atoms. The van der Waals surface area contributed by atoms with Gasteiger partial charge in [0.2, 0.25) is 5.91 Å². The Bertz CT molecular complexity index is 939. The van der Waals surface area contributed by atoms with Crippen molar-refractivity contribution in [2.45, 2.75) is 18.9 Å². The molecule has 0 spiro atoms. The van der Waals surface area contributed by atoms with Gasteiger partial charge < -0.3 is 10.6 Å². The summed E-state index contributed by atoms with van der Waals surface area (Å²) < 4.78 is 1.79. The normalized spacial score (nSPS) is 19.4. The Kier molecular flexibility index (Phi) is 6.72. The maximum atomic E-state index is 12.9. The fourth-order valence-corrected chi connectivity index (χ4v) is 3.93. The number of aromatic nitrogens is 2. The van der Waals surface area contributed by atoms with Gasteiger partial charge in [-0.3, -0.25) is 9.48 Å². The van der Waals surface area contributed by atoms with Crippen LogP contribution in [0, 0.1) is 5.92 Å². The van der Waals surface area contributed by atoms with Crippen molar-refractivity contribution < 1.29 is 4.79 Å². The molecular weight excluding hydrogens is 384 g/mol. The van der Waals surface area contributed by atoms with Crippen molar-refractivity contribution in [2.75, 3.05) is 13.1 Å². The SMILES string of the molecule is CC(NC(=O)[C@H]1CNC[C@@H]1c1cnn(C)c1)c1ccc(-c2ccccc2)cc1.Cl. The Hall–Kier alpha value is -2.63. The van der Waals surface area contributed by atoms with Crippen LogP contribution in [0.1, 0.15) is 30.0 Å². The molecule has 1 unspecified atom stereocenters.